The molecule has 3 nitrogen and oxygen atoms in total. The van der Waals surface area contributed by atoms with Gasteiger partial charge in [-0.1, -0.05) is 12.8 Å². The van der Waals surface area contributed by atoms with Crippen molar-refractivity contribution in [2.45, 2.75) is 57.2 Å². The average Bonchev–Trinajstić information content (AvgIpc) is 2.09. The van der Waals surface area contributed by atoms with Crippen LogP contribution in [0, 0.1) is 11.3 Å². The van der Waals surface area contributed by atoms with E-state index < -0.39 is 0 Å². The fourth-order valence-electron chi connectivity index (χ4n) is 1.87. The highest BCUT2D eigenvalue weighted by Crippen LogP contribution is 2.18. The van der Waals surface area contributed by atoms with Crippen LogP contribution >= 0.6 is 0 Å². The van der Waals surface area contributed by atoms with E-state index in [1.165, 1.54) is 6.42 Å². The number of nitriles is 1. The van der Waals surface area contributed by atoms with Crippen LogP contribution in [0.4, 0.5) is 0 Å². The highest BCUT2D eigenvalue weighted by molar-refractivity contribution is 4.85. The number of rotatable bonds is 3. The number of nitrogens with zero attached hydrogens (tertiary/aromatic N) is 1. The first-order chi connectivity index (χ1) is 6.24. The molecule has 1 aliphatic carbocycles. The van der Waals surface area contributed by atoms with E-state index in [0.717, 1.165) is 19.3 Å². The largest absolute Gasteiger partial charge is 0.392 e. The van der Waals surface area contributed by atoms with E-state index in [1.807, 2.05) is 6.92 Å². The third-order valence-electron chi connectivity index (χ3n) is 2.63. The van der Waals surface area contributed by atoms with Crippen molar-refractivity contribution in [2.75, 3.05) is 0 Å². The van der Waals surface area contributed by atoms with Crippen molar-refractivity contribution >= 4 is 0 Å². The summed E-state index contributed by atoms with van der Waals surface area (Å²) in [6, 6.07) is 2.53. The number of nitrogens with one attached hydrogen (secondary N) is 1. The lowest BCUT2D eigenvalue weighted by atomic mass is 9.92. The highest BCUT2D eigenvalue weighted by Gasteiger charge is 2.23. The Morgan fingerprint density at radius 3 is 2.85 bits per heavy atom. The second-order valence-corrected chi connectivity index (χ2v) is 3.89. The first-order valence-electron chi connectivity index (χ1n) is 5.05. The summed E-state index contributed by atoms with van der Waals surface area (Å²) in [5.41, 5.74) is 0. The van der Waals surface area contributed by atoms with Crippen LogP contribution in [0.3, 0.4) is 0 Å². The van der Waals surface area contributed by atoms with Crippen molar-refractivity contribution in [1.82, 2.24) is 5.32 Å². The van der Waals surface area contributed by atoms with Crippen molar-refractivity contribution in [3.05, 3.63) is 0 Å². The molecule has 2 N–H and O–H groups in total. The van der Waals surface area contributed by atoms with Crippen molar-refractivity contribution in [2.24, 2.45) is 0 Å². The van der Waals surface area contributed by atoms with Gasteiger partial charge in [0.1, 0.15) is 0 Å². The maximum atomic E-state index is 9.64. The predicted molar refractivity (Wildman–Crippen MR) is 51.1 cm³/mol. The van der Waals surface area contributed by atoms with Gasteiger partial charge in [-0.3, -0.25) is 0 Å². The molecule has 74 valence electrons. The Balaban J connectivity index is 2.30. The summed E-state index contributed by atoms with van der Waals surface area (Å²) in [7, 11) is 0. The van der Waals surface area contributed by atoms with Crippen molar-refractivity contribution in [3.63, 3.8) is 0 Å². The van der Waals surface area contributed by atoms with E-state index in [9.17, 15) is 5.11 Å². The van der Waals surface area contributed by atoms with Gasteiger partial charge in [0.2, 0.25) is 0 Å². The Hall–Kier alpha value is -0.590. The molecule has 0 heterocycles. The first kappa shape index (κ1) is 10.5. The molecule has 1 rings (SSSR count). The molecule has 0 aromatic carbocycles. The number of hydrogen-bond acceptors (Lipinski definition) is 3. The van der Waals surface area contributed by atoms with Gasteiger partial charge in [0.05, 0.1) is 18.6 Å². The third kappa shape index (κ3) is 3.33. The quantitative estimate of drug-likeness (QED) is 0.689. The first-order valence-corrected chi connectivity index (χ1v) is 5.05. The van der Waals surface area contributed by atoms with Gasteiger partial charge in [0.15, 0.2) is 0 Å². The Bertz CT molecular complexity index is 188. The van der Waals surface area contributed by atoms with Crippen LogP contribution in [0.15, 0.2) is 0 Å². The summed E-state index contributed by atoms with van der Waals surface area (Å²) in [5.74, 6) is 0. The predicted octanol–water partition coefficient (Wildman–Crippen LogP) is 1.18. The van der Waals surface area contributed by atoms with Crippen LogP contribution in [-0.4, -0.2) is 23.3 Å². The molecular formula is C10H18N2O. The minimum Gasteiger partial charge on any atom is -0.392 e. The Morgan fingerprint density at radius 1 is 1.54 bits per heavy atom. The molecule has 13 heavy (non-hydrogen) atoms. The van der Waals surface area contributed by atoms with E-state index in [-0.39, 0.29) is 18.2 Å². The fraction of sp³-hybridized carbons (Fsp3) is 0.900. The van der Waals surface area contributed by atoms with Gasteiger partial charge in [-0.05, 0) is 19.8 Å². The molecule has 0 amide bonds. The highest BCUT2D eigenvalue weighted by atomic mass is 16.3. The van der Waals surface area contributed by atoms with Gasteiger partial charge in [-0.25, -0.2) is 0 Å². The molecule has 1 fully saturated rings. The second-order valence-electron chi connectivity index (χ2n) is 3.89. The van der Waals surface area contributed by atoms with Crippen LogP contribution in [0.1, 0.15) is 39.0 Å². The third-order valence-corrected chi connectivity index (χ3v) is 2.63. The van der Waals surface area contributed by atoms with Crippen molar-refractivity contribution < 1.29 is 5.11 Å². The van der Waals surface area contributed by atoms with Crippen molar-refractivity contribution in [1.29, 1.82) is 5.26 Å². The zero-order valence-electron chi connectivity index (χ0n) is 8.16. The molecule has 0 aliphatic heterocycles. The molecule has 0 saturated heterocycles. The van der Waals surface area contributed by atoms with E-state index in [1.54, 1.807) is 0 Å². The van der Waals surface area contributed by atoms with Gasteiger partial charge >= 0.3 is 0 Å². The van der Waals surface area contributed by atoms with Gasteiger partial charge in [-0.2, -0.15) is 5.26 Å². The second kappa shape index (κ2) is 5.21. The maximum absolute atomic E-state index is 9.64. The van der Waals surface area contributed by atoms with E-state index >= 15 is 0 Å². The summed E-state index contributed by atoms with van der Waals surface area (Å²) < 4.78 is 0. The molecule has 0 aromatic rings. The Labute approximate surface area is 79.8 Å². The molecular weight excluding hydrogens is 164 g/mol. The fourth-order valence-corrected chi connectivity index (χ4v) is 1.87. The minimum atomic E-state index is -0.213. The summed E-state index contributed by atoms with van der Waals surface area (Å²) in [6.45, 7) is 1.99. The van der Waals surface area contributed by atoms with Crippen LogP contribution in [0.5, 0.6) is 0 Å². The van der Waals surface area contributed by atoms with Gasteiger partial charge in [0, 0.05) is 12.1 Å². The van der Waals surface area contributed by atoms with Gasteiger partial charge < -0.3 is 10.4 Å². The molecule has 0 aromatic heterocycles. The molecule has 3 atom stereocenters. The van der Waals surface area contributed by atoms with Crippen molar-refractivity contribution in [3.8, 4) is 6.07 Å². The zero-order chi connectivity index (χ0) is 9.68. The summed E-state index contributed by atoms with van der Waals surface area (Å²) in [6.07, 6.45) is 4.56. The monoisotopic (exact) mass is 182 g/mol. The summed E-state index contributed by atoms with van der Waals surface area (Å²) in [5, 5.41) is 21.4. The molecule has 0 bridgehead atoms. The van der Waals surface area contributed by atoms with Crippen LogP contribution < -0.4 is 5.32 Å². The van der Waals surface area contributed by atoms with Gasteiger partial charge in [-0.15, -0.1) is 0 Å². The number of aliphatic hydroxyl groups excluding tert-OH is 1. The molecule has 1 saturated carbocycles. The average molecular weight is 182 g/mol. The minimum absolute atomic E-state index is 0.197. The molecule has 3 unspecified atom stereocenters. The lowest BCUT2D eigenvalue weighted by molar-refractivity contribution is 0.0862. The smallest absolute Gasteiger partial charge is 0.0693 e. The molecule has 3 heteroatoms. The lowest BCUT2D eigenvalue weighted by Crippen LogP contribution is -2.45. The van der Waals surface area contributed by atoms with Gasteiger partial charge in [0.25, 0.3) is 0 Å². The van der Waals surface area contributed by atoms with Crippen LogP contribution in [0.2, 0.25) is 0 Å². The Morgan fingerprint density at radius 2 is 2.23 bits per heavy atom. The Kier molecular flexibility index (Phi) is 4.20. The molecule has 0 spiro atoms. The maximum Gasteiger partial charge on any atom is 0.0693 e. The zero-order valence-corrected chi connectivity index (χ0v) is 8.16. The topological polar surface area (TPSA) is 56.0 Å². The molecule has 0 radical (unpaired) electrons. The van der Waals surface area contributed by atoms with E-state index in [2.05, 4.69) is 11.4 Å². The summed E-state index contributed by atoms with van der Waals surface area (Å²) in [4.78, 5) is 0. The standard InChI is InChI=1S/C10H18N2O/c1-8(6-7-11)12-9-4-2-3-5-10(9)13/h8-10,12-13H,2-6H2,1H3. The SMILES string of the molecule is CC(CC#N)NC1CCCCC1O. The summed E-state index contributed by atoms with van der Waals surface area (Å²) >= 11 is 0. The number of aliphatic hydroxyl groups is 1. The lowest BCUT2D eigenvalue weighted by Gasteiger charge is -2.30. The van der Waals surface area contributed by atoms with E-state index in [4.69, 9.17) is 5.26 Å². The van der Waals surface area contributed by atoms with Crippen LogP contribution in [0.25, 0.3) is 0 Å². The van der Waals surface area contributed by atoms with E-state index in [0.29, 0.717) is 6.42 Å². The van der Waals surface area contributed by atoms with Crippen LogP contribution in [-0.2, 0) is 0 Å². The molecule has 1 aliphatic rings. The normalized spacial score (nSPS) is 30.8. The number of hydrogen-bond donors (Lipinski definition) is 2.